The summed E-state index contributed by atoms with van der Waals surface area (Å²) in [7, 11) is 1.67. The van der Waals surface area contributed by atoms with Crippen molar-refractivity contribution >= 4 is 17.0 Å². The highest BCUT2D eigenvalue weighted by Crippen LogP contribution is 2.23. The Morgan fingerprint density at radius 2 is 2.33 bits per heavy atom. The fraction of sp³-hybridized carbons (Fsp3) is 0.0909. The van der Waals surface area contributed by atoms with Gasteiger partial charge in [-0.15, -0.1) is 0 Å². The molecule has 92 valence electrons. The normalized spacial score (nSPS) is 11.0. The Morgan fingerprint density at radius 3 is 3.06 bits per heavy atom. The maximum atomic E-state index is 11.4. The summed E-state index contributed by atoms with van der Waals surface area (Å²) >= 11 is 0. The predicted molar refractivity (Wildman–Crippen MR) is 66.8 cm³/mol. The van der Waals surface area contributed by atoms with E-state index in [0.29, 0.717) is 11.5 Å². The highest BCUT2D eigenvalue weighted by atomic mass is 16.4. The summed E-state index contributed by atoms with van der Waals surface area (Å²) in [5, 5.41) is 0. The molecule has 4 N–H and O–H groups in total. The van der Waals surface area contributed by atoms with Crippen LogP contribution in [0, 0.1) is 0 Å². The second-order valence-electron chi connectivity index (χ2n) is 3.90. The zero-order valence-electron chi connectivity index (χ0n) is 9.60. The SMILES string of the molecule is Cn1c(=O)oc2cc(-c3cnc(NN)[nH]3)ccc21. The van der Waals surface area contributed by atoms with Gasteiger partial charge in [0.05, 0.1) is 17.4 Å². The molecule has 0 saturated carbocycles. The molecule has 1 aromatic carbocycles. The molecule has 2 heterocycles. The number of nitrogen functional groups attached to an aromatic ring is 1. The van der Waals surface area contributed by atoms with Crippen LogP contribution in [0.15, 0.2) is 33.6 Å². The third-order valence-electron chi connectivity index (χ3n) is 2.82. The average Bonchev–Trinajstić information content (AvgIpc) is 2.95. The first-order valence-electron chi connectivity index (χ1n) is 5.30. The number of nitrogens with one attached hydrogen (secondary N) is 2. The second kappa shape index (κ2) is 3.74. The molecule has 0 amide bonds. The molecule has 0 aliphatic rings. The molecule has 0 aliphatic carbocycles. The molecule has 3 aromatic rings. The van der Waals surface area contributed by atoms with Gasteiger partial charge in [-0.25, -0.2) is 15.6 Å². The van der Waals surface area contributed by atoms with E-state index in [2.05, 4.69) is 15.4 Å². The van der Waals surface area contributed by atoms with Crippen LogP contribution in [0.2, 0.25) is 0 Å². The number of oxazole rings is 1. The first-order chi connectivity index (χ1) is 8.69. The fourth-order valence-electron chi connectivity index (χ4n) is 1.84. The number of anilines is 1. The predicted octanol–water partition coefficient (Wildman–Crippen LogP) is 0.807. The van der Waals surface area contributed by atoms with E-state index in [1.54, 1.807) is 19.3 Å². The summed E-state index contributed by atoms with van der Waals surface area (Å²) in [6.07, 6.45) is 1.65. The van der Waals surface area contributed by atoms with E-state index >= 15 is 0 Å². The van der Waals surface area contributed by atoms with Gasteiger partial charge in [-0.05, 0) is 12.1 Å². The van der Waals surface area contributed by atoms with Crippen LogP contribution in [0.5, 0.6) is 0 Å². The van der Waals surface area contributed by atoms with Gasteiger partial charge in [0, 0.05) is 12.6 Å². The van der Waals surface area contributed by atoms with E-state index < -0.39 is 0 Å². The Labute approximate surface area is 101 Å². The molecule has 7 heteroatoms. The molecular formula is C11H11N5O2. The molecule has 3 rings (SSSR count). The van der Waals surface area contributed by atoms with Crippen LogP contribution in [0.3, 0.4) is 0 Å². The van der Waals surface area contributed by atoms with E-state index in [1.165, 1.54) is 4.57 Å². The molecule has 0 spiro atoms. The van der Waals surface area contributed by atoms with Crippen molar-refractivity contribution < 1.29 is 4.42 Å². The summed E-state index contributed by atoms with van der Waals surface area (Å²) in [6, 6.07) is 5.49. The van der Waals surface area contributed by atoms with E-state index in [1.807, 2.05) is 12.1 Å². The smallest absolute Gasteiger partial charge is 0.408 e. The van der Waals surface area contributed by atoms with E-state index in [0.717, 1.165) is 16.8 Å². The average molecular weight is 245 g/mol. The molecule has 7 nitrogen and oxygen atoms in total. The quantitative estimate of drug-likeness (QED) is 0.458. The number of aromatic amines is 1. The number of aryl methyl sites for hydroxylation is 1. The lowest BCUT2D eigenvalue weighted by molar-refractivity contribution is 0.528. The summed E-state index contributed by atoms with van der Waals surface area (Å²) in [4.78, 5) is 18.4. The van der Waals surface area contributed by atoms with Crippen LogP contribution in [0.1, 0.15) is 0 Å². The van der Waals surface area contributed by atoms with Gasteiger partial charge in [0.1, 0.15) is 0 Å². The van der Waals surface area contributed by atoms with E-state index in [-0.39, 0.29) is 5.76 Å². The monoisotopic (exact) mass is 245 g/mol. The van der Waals surface area contributed by atoms with Gasteiger partial charge in [0.2, 0.25) is 5.95 Å². The molecule has 0 aliphatic heterocycles. The Bertz CT molecular complexity index is 767. The lowest BCUT2D eigenvalue weighted by Crippen LogP contribution is -2.08. The minimum absolute atomic E-state index is 0.379. The maximum Gasteiger partial charge on any atom is 0.419 e. The second-order valence-corrected chi connectivity index (χ2v) is 3.90. The van der Waals surface area contributed by atoms with Crippen molar-refractivity contribution in [1.29, 1.82) is 0 Å². The van der Waals surface area contributed by atoms with Gasteiger partial charge in [-0.1, -0.05) is 6.07 Å². The number of H-pyrrole nitrogens is 1. The molecule has 0 atom stereocenters. The zero-order chi connectivity index (χ0) is 12.7. The molecule has 0 saturated heterocycles. The van der Waals surface area contributed by atoms with Gasteiger partial charge in [0.15, 0.2) is 5.58 Å². The molecule has 2 aromatic heterocycles. The van der Waals surface area contributed by atoms with Gasteiger partial charge in [-0.2, -0.15) is 0 Å². The van der Waals surface area contributed by atoms with Crippen molar-refractivity contribution in [2.75, 3.05) is 5.43 Å². The van der Waals surface area contributed by atoms with Crippen LogP contribution in [-0.2, 0) is 7.05 Å². The number of aromatic nitrogens is 3. The van der Waals surface area contributed by atoms with Crippen LogP contribution in [-0.4, -0.2) is 14.5 Å². The third kappa shape index (κ3) is 1.49. The number of hydrazine groups is 1. The van der Waals surface area contributed by atoms with Crippen LogP contribution in [0.4, 0.5) is 5.95 Å². The van der Waals surface area contributed by atoms with Gasteiger partial charge >= 0.3 is 5.76 Å². The number of hydrogen-bond donors (Lipinski definition) is 3. The van der Waals surface area contributed by atoms with E-state index in [9.17, 15) is 4.79 Å². The fourth-order valence-corrected chi connectivity index (χ4v) is 1.84. The Morgan fingerprint density at radius 1 is 1.50 bits per heavy atom. The topological polar surface area (TPSA) is 102 Å². The zero-order valence-corrected chi connectivity index (χ0v) is 9.60. The summed E-state index contributed by atoms with van der Waals surface area (Å²) in [6.45, 7) is 0. The standard InChI is InChI=1S/C11H11N5O2/c1-16-8-3-2-6(4-9(8)18-11(16)17)7-5-13-10(14-7)15-12/h2-5H,12H2,1H3,(H2,13,14,15). The molecule has 18 heavy (non-hydrogen) atoms. The van der Waals surface area contributed by atoms with Crippen LogP contribution in [0.25, 0.3) is 22.4 Å². The van der Waals surface area contributed by atoms with Gasteiger partial charge in [-0.3, -0.25) is 9.99 Å². The third-order valence-corrected chi connectivity index (χ3v) is 2.82. The number of rotatable bonds is 2. The Balaban J connectivity index is 2.16. The number of fused-ring (bicyclic) bond motifs is 1. The minimum Gasteiger partial charge on any atom is -0.408 e. The minimum atomic E-state index is -0.379. The number of nitrogens with two attached hydrogens (primary N) is 1. The Kier molecular flexibility index (Phi) is 2.20. The summed E-state index contributed by atoms with van der Waals surface area (Å²) in [5.74, 6) is 5.34. The van der Waals surface area contributed by atoms with Crippen molar-refractivity contribution in [3.63, 3.8) is 0 Å². The molecule has 0 fully saturated rings. The van der Waals surface area contributed by atoms with Crippen molar-refractivity contribution in [3.05, 3.63) is 34.9 Å². The van der Waals surface area contributed by atoms with Crippen molar-refractivity contribution in [1.82, 2.24) is 14.5 Å². The largest absolute Gasteiger partial charge is 0.419 e. The van der Waals surface area contributed by atoms with Crippen LogP contribution >= 0.6 is 0 Å². The lowest BCUT2D eigenvalue weighted by atomic mass is 10.1. The van der Waals surface area contributed by atoms with Crippen molar-refractivity contribution in [2.24, 2.45) is 12.9 Å². The van der Waals surface area contributed by atoms with Gasteiger partial charge < -0.3 is 9.40 Å². The van der Waals surface area contributed by atoms with E-state index in [4.69, 9.17) is 10.3 Å². The van der Waals surface area contributed by atoms with Gasteiger partial charge in [0.25, 0.3) is 0 Å². The first kappa shape index (κ1) is 10.6. The highest BCUT2D eigenvalue weighted by Gasteiger charge is 2.08. The number of imidazole rings is 1. The number of hydrogen-bond acceptors (Lipinski definition) is 5. The molecule has 0 unspecified atom stereocenters. The summed E-state index contributed by atoms with van der Waals surface area (Å²) in [5.41, 5.74) is 5.37. The van der Waals surface area contributed by atoms with Crippen LogP contribution < -0.4 is 17.0 Å². The summed E-state index contributed by atoms with van der Waals surface area (Å²) < 4.78 is 6.58. The number of benzene rings is 1. The van der Waals surface area contributed by atoms with Crippen molar-refractivity contribution in [3.8, 4) is 11.3 Å². The first-order valence-corrected chi connectivity index (χ1v) is 5.30. The highest BCUT2D eigenvalue weighted by molar-refractivity contribution is 5.79. The van der Waals surface area contributed by atoms with Crippen molar-refractivity contribution in [2.45, 2.75) is 0 Å². The molecule has 0 bridgehead atoms. The maximum absolute atomic E-state index is 11.4. The number of nitrogens with zero attached hydrogens (tertiary/aromatic N) is 2. The molecule has 0 radical (unpaired) electrons. The lowest BCUT2D eigenvalue weighted by Gasteiger charge is -1.97. The molecular weight excluding hydrogens is 234 g/mol. The Hall–Kier alpha value is -2.54.